The summed E-state index contributed by atoms with van der Waals surface area (Å²) < 4.78 is 6.88. The summed E-state index contributed by atoms with van der Waals surface area (Å²) in [6.07, 6.45) is 7.22. The van der Waals surface area contributed by atoms with E-state index in [-0.39, 0.29) is 18.6 Å². The van der Waals surface area contributed by atoms with E-state index < -0.39 is 5.97 Å². The van der Waals surface area contributed by atoms with Crippen molar-refractivity contribution >= 4 is 18.0 Å². The van der Waals surface area contributed by atoms with Gasteiger partial charge in [-0.2, -0.15) is 5.10 Å². The van der Waals surface area contributed by atoms with E-state index in [1.54, 1.807) is 10.8 Å². The van der Waals surface area contributed by atoms with Crippen LogP contribution >= 0.6 is 0 Å². The maximum absolute atomic E-state index is 12.3. The van der Waals surface area contributed by atoms with Gasteiger partial charge in [0.2, 0.25) is 0 Å². The lowest BCUT2D eigenvalue weighted by molar-refractivity contribution is -0.150. The van der Waals surface area contributed by atoms with Crippen molar-refractivity contribution in [3.63, 3.8) is 0 Å². The van der Waals surface area contributed by atoms with Crippen LogP contribution in [0, 0.1) is 13.8 Å². The zero-order valence-corrected chi connectivity index (χ0v) is 15.0. The molecule has 0 radical (unpaired) electrons. The Kier molecular flexibility index (Phi) is 6.17. The molecule has 0 unspecified atom stereocenters. The molecule has 1 fully saturated rings. The molecule has 1 aliphatic heterocycles. The first kappa shape index (κ1) is 18.2. The highest BCUT2D eigenvalue weighted by atomic mass is 16.5. The highest BCUT2D eigenvalue weighted by Crippen LogP contribution is 2.19. The molecule has 0 aliphatic carbocycles. The lowest BCUT2D eigenvalue weighted by Crippen LogP contribution is -2.45. The molecule has 1 aliphatic rings. The van der Waals surface area contributed by atoms with Crippen LogP contribution in [-0.2, 0) is 21.4 Å². The quantitative estimate of drug-likeness (QED) is 0.613. The second-order valence-electron chi connectivity index (χ2n) is 6.29. The summed E-state index contributed by atoms with van der Waals surface area (Å²) in [6, 6.07) is 0.279. The summed E-state index contributed by atoms with van der Waals surface area (Å²) in [6.45, 7) is 6.49. The SMILES string of the molecule is CC[C@H]1CCCCN1C(=O)COC(=O)/C=C/c1c(C)nn(C)c1C. The number of carbonyl (C=O) groups excluding carboxylic acids is 2. The Hall–Kier alpha value is -2.11. The van der Waals surface area contributed by atoms with Gasteiger partial charge in [0.1, 0.15) is 0 Å². The van der Waals surface area contributed by atoms with E-state index in [0.29, 0.717) is 0 Å². The van der Waals surface area contributed by atoms with Crippen molar-refractivity contribution < 1.29 is 14.3 Å². The van der Waals surface area contributed by atoms with Crippen LogP contribution < -0.4 is 0 Å². The van der Waals surface area contributed by atoms with Gasteiger partial charge in [-0.15, -0.1) is 0 Å². The third kappa shape index (κ3) is 4.24. The second-order valence-corrected chi connectivity index (χ2v) is 6.29. The minimum Gasteiger partial charge on any atom is -0.452 e. The van der Waals surface area contributed by atoms with Gasteiger partial charge in [-0.3, -0.25) is 9.48 Å². The van der Waals surface area contributed by atoms with Gasteiger partial charge in [0.25, 0.3) is 5.91 Å². The minimum absolute atomic E-state index is 0.1000. The number of hydrogen-bond donors (Lipinski definition) is 0. The van der Waals surface area contributed by atoms with Gasteiger partial charge < -0.3 is 9.64 Å². The fourth-order valence-corrected chi connectivity index (χ4v) is 3.20. The molecule has 6 nitrogen and oxygen atoms in total. The average molecular weight is 333 g/mol. The molecule has 1 amide bonds. The largest absolute Gasteiger partial charge is 0.452 e. The average Bonchev–Trinajstić information content (AvgIpc) is 2.83. The third-order valence-electron chi connectivity index (χ3n) is 4.71. The van der Waals surface area contributed by atoms with Crippen molar-refractivity contribution in [3.05, 3.63) is 23.0 Å². The van der Waals surface area contributed by atoms with Gasteiger partial charge in [0.05, 0.1) is 5.69 Å². The maximum Gasteiger partial charge on any atom is 0.331 e. The summed E-state index contributed by atoms with van der Waals surface area (Å²) in [5.74, 6) is -0.604. The Labute approximate surface area is 143 Å². The van der Waals surface area contributed by atoms with Crippen LogP contribution in [0.4, 0.5) is 0 Å². The molecule has 1 atom stereocenters. The van der Waals surface area contributed by atoms with E-state index in [0.717, 1.165) is 49.2 Å². The zero-order valence-electron chi connectivity index (χ0n) is 15.0. The summed E-state index contributed by atoms with van der Waals surface area (Å²) >= 11 is 0. The normalized spacial score (nSPS) is 18.2. The molecule has 132 valence electrons. The van der Waals surface area contributed by atoms with Crippen LogP contribution in [0.2, 0.25) is 0 Å². The Bertz CT molecular complexity index is 634. The number of esters is 1. The van der Waals surface area contributed by atoms with Gasteiger partial charge in [-0.25, -0.2) is 4.79 Å². The molecule has 0 aromatic carbocycles. The van der Waals surface area contributed by atoms with E-state index in [2.05, 4.69) is 12.0 Å². The van der Waals surface area contributed by atoms with Gasteiger partial charge in [-0.05, 0) is 45.6 Å². The molecule has 24 heavy (non-hydrogen) atoms. The Morgan fingerprint density at radius 2 is 2.08 bits per heavy atom. The summed E-state index contributed by atoms with van der Waals surface area (Å²) in [4.78, 5) is 26.0. The first-order valence-corrected chi connectivity index (χ1v) is 8.58. The first-order chi connectivity index (χ1) is 11.4. The maximum atomic E-state index is 12.3. The molecule has 2 rings (SSSR count). The lowest BCUT2D eigenvalue weighted by Gasteiger charge is -2.35. The number of aryl methyl sites for hydroxylation is 2. The van der Waals surface area contributed by atoms with E-state index in [4.69, 9.17) is 4.74 Å². The molecule has 1 aromatic heterocycles. The van der Waals surface area contributed by atoms with E-state index in [9.17, 15) is 9.59 Å². The van der Waals surface area contributed by atoms with Crippen molar-refractivity contribution in [2.75, 3.05) is 13.2 Å². The van der Waals surface area contributed by atoms with Crippen LogP contribution in [0.15, 0.2) is 6.08 Å². The number of nitrogens with zero attached hydrogens (tertiary/aromatic N) is 3. The fraction of sp³-hybridized carbons (Fsp3) is 0.611. The summed E-state index contributed by atoms with van der Waals surface area (Å²) in [5, 5.41) is 4.29. The minimum atomic E-state index is -0.504. The van der Waals surface area contributed by atoms with Crippen LogP contribution in [0.3, 0.4) is 0 Å². The number of amides is 1. The van der Waals surface area contributed by atoms with Gasteiger partial charge in [-0.1, -0.05) is 6.92 Å². The number of ether oxygens (including phenoxy) is 1. The van der Waals surface area contributed by atoms with Crippen molar-refractivity contribution in [2.24, 2.45) is 7.05 Å². The predicted octanol–water partition coefficient (Wildman–Crippen LogP) is 2.38. The molecule has 6 heteroatoms. The smallest absolute Gasteiger partial charge is 0.331 e. The molecule has 0 N–H and O–H groups in total. The Morgan fingerprint density at radius 3 is 2.71 bits per heavy atom. The topological polar surface area (TPSA) is 64.4 Å². The van der Waals surface area contributed by atoms with E-state index in [1.807, 2.05) is 25.8 Å². The van der Waals surface area contributed by atoms with Crippen molar-refractivity contribution in [2.45, 2.75) is 52.5 Å². The molecule has 1 saturated heterocycles. The molecule has 1 aromatic rings. The fourth-order valence-electron chi connectivity index (χ4n) is 3.20. The number of carbonyl (C=O) groups is 2. The number of aromatic nitrogens is 2. The van der Waals surface area contributed by atoms with Crippen LogP contribution in [0.5, 0.6) is 0 Å². The Balaban J connectivity index is 1.88. The highest BCUT2D eigenvalue weighted by molar-refractivity contribution is 5.89. The van der Waals surface area contributed by atoms with Crippen LogP contribution in [0.1, 0.15) is 49.6 Å². The zero-order chi connectivity index (χ0) is 17.7. The summed E-state index contributed by atoms with van der Waals surface area (Å²) in [7, 11) is 1.86. The number of likely N-dealkylation sites (tertiary alicyclic amines) is 1. The van der Waals surface area contributed by atoms with Crippen molar-refractivity contribution in [1.29, 1.82) is 0 Å². The van der Waals surface area contributed by atoms with Crippen LogP contribution in [-0.4, -0.2) is 45.8 Å². The lowest BCUT2D eigenvalue weighted by atomic mass is 10.00. The third-order valence-corrected chi connectivity index (χ3v) is 4.71. The predicted molar refractivity (Wildman–Crippen MR) is 92.3 cm³/mol. The standard InChI is InChI=1S/C18H27N3O3/c1-5-15-8-6-7-11-21(15)17(22)12-24-18(23)10-9-16-13(2)19-20(4)14(16)3/h9-10,15H,5-8,11-12H2,1-4H3/b10-9+/t15-/m0/s1. The molecule has 2 heterocycles. The molecule has 0 saturated carbocycles. The van der Waals surface area contributed by atoms with E-state index >= 15 is 0 Å². The number of rotatable bonds is 5. The molecular weight excluding hydrogens is 306 g/mol. The number of hydrogen-bond acceptors (Lipinski definition) is 4. The van der Waals surface area contributed by atoms with Crippen molar-refractivity contribution in [3.8, 4) is 0 Å². The van der Waals surface area contributed by atoms with E-state index in [1.165, 1.54) is 6.08 Å². The Morgan fingerprint density at radius 1 is 1.33 bits per heavy atom. The molecule has 0 spiro atoms. The monoisotopic (exact) mass is 333 g/mol. The first-order valence-electron chi connectivity index (χ1n) is 8.58. The van der Waals surface area contributed by atoms with Crippen molar-refractivity contribution in [1.82, 2.24) is 14.7 Å². The molecule has 0 bridgehead atoms. The highest BCUT2D eigenvalue weighted by Gasteiger charge is 2.25. The van der Waals surface area contributed by atoms with Gasteiger partial charge in [0, 0.05) is 37.0 Å². The summed E-state index contributed by atoms with van der Waals surface area (Å²) in [5.41, 5.74) is 2.74. The van der Waals surface area contributed by atoms with Gasteiger partial charge in [0.15, 0.2) is 6.61 Å². The van der Waals surface area contributed by atoms with Gasteiger partial charge >= 0.3 is 5.97 Å². The second kappa shape index (κ2) is 8.13. The molecular formula is C18H27N3O3. The van der Waals surface area contributed by atoms with Crippen LogP contribution in [0.25, 0.3) is 6.08 Å². The number of piperidine rings is 1.